The van der Waals surface area contributed by atoms with Crippen molar-refractivity contribution >= 4 is 5.97 Å². The van der Waals surface area contributed by atoms with Crippen LogP contribution >= 0.6 is 0 Å². The first-order valence-electron chi connectivity index (χ1n) is 5.85. The topological polar surface area (TPSA) is 60.8 Å². The molecule has 0 aromatic rings. The standard InChI is InChI=1S/C11H19NO3/c13-9-5-3-8(4-6-9)12-7-1-2-10(12)11(14)15/h8-10,13H,1-7H2,(H,14,15). The molecule has 2 fully saturated rings. The number of aliphatic hydroxyl groups is 1. The van der Waals surface area contributed by atoms with E-state index in [9.17, 15) is 9.90 Å². The lowest BCUT2D eigenvalue weighted by Crippen LogP contribution is -2.45. The Hall–Kier alpha value is -0.610. The molecule has 1 saturated heterocycles. The Balaban J connectivity index is 1.94. The van der Waals surface area contributed by atoms with Crippen molar-refractivity contribution in [2.75, 3.05) is 6.54 Å². The highest BCUT2D eigenvalue weighted by atomic mass is 16.4. The molecule has 1 aliphatic carbocycles. The fraction of sp³-hybridized carbons (Fsp3) is 0.909. The third-order valence-electron chi connectivity index (χ3n) is 3.71. The summed E-state index contributed by atoms with van der Waals surface area (Å²) in [5.41, 5.74) is 0. The summed E-state index contributed by atoms with van der Waals surface area (Å²) in [5.74, 6) is -0.682. The van der Waals surface area contributed by atoms with Gasteiger partial charge in [0.15, 0.2) is 0 Å². The molecule has 1 aliphatic heterocycles. The van der Waals surface area contributed by atoms with Gasteiger partial charge in [0.1, 0.15) is 6.04 Å². The number of carboxylic acid groups (broad SMARTS) is 1. The molecule has 1 heterocycles. The second-order valence-electron chi connectivity index (χ2n) is 4.70. The highest BCUT2D eigenvalue weighted by molar-refractivity contribution is 5.73. The predicted octanol–water partition coefficient (Wildman–Crippen LogP) is 0.839. The van der Waals surface area contributed by atoms with Crippen molar-refractivity contribution < 1.29 is 15.0 Å². The Morgan fingerprint density at radius 3 is 2.40 bits per heavy atom. The lowest BCUT2D eigenvalue weighted by atomic mass is 9.91. The molecule has 0 radical (unpaired) electrons. The molecule has 86 valence electrons. The van der Waals surface area contributed by atoms with Crippen molar-refractivity contribution in [3.8, 4) is 0 Å². The van der Waals surface area contributed by atoms with Crippen molar-refractivity contribution in [2.45, 2.75) is 56.7 Å². The summed E-state index contributed by atoms with van der Waals surface area (Å²) >= 11 is 0. The molecule has 0 spiro atoms. The molecule has 2 N–H and O–H groups in total. The highest BCUT2D eigenvalue weighted by Crippen LogP contribution is 2.29. The molecular formula is C11H19NO3. The van der Waals surface area contributed by atoms with Crippen LogP contribution in [0.5, 0.6) is 0 Å². The van der Waals surface area contributed by atoms with Crippen LogP contribution in [0.15, 0.2) is 0 Å². The average molecular weight is 213 g/mol. The predicted molar refractivity (Wildman–Crippen MR) is 55.6 cm³/mol. The van der Waals surface area contributed by atoms with Crippen molar-refractivity contribution in [2.24, 2.45) is 0 Å². The minimum absolute atomic E-state index is 0.160. The summed E-state index contributed by atoms with van der Waals surface area (Å²) in [6.07, 6.45) is 5.17. The second-order valence-corrected chi connectivity index (χ2v) is 4.70. The molecular weight excluding hydrogens is 194 g/mol. The van der Waals surface area contributed by atoms with Crippen molar-refractivity contribution in [1.29, 1.82) is 0 Å². The number of nitrogens with zero attached hydrogens (tertiary/aromatic N) is 1. The first-order chi connectivity index (χ1) is 7.18. The first-order valence-corrected chi connectivity index (χ1v) is 5.85. The summed E-state index contributed by atoms with van der Waals surface area (Å²) in [5, 5.41) is 18.5. The molecule has 4 heteroatoms. The van der Waals surface area contributed by atoms with Gasteiger partial charge in [0.2, 0.25) is 0 Å². The SMILES string of the molecule is O=C(O)C1CCCN1C1CCC(O)CC1. The Morgan fingerprint density at radius 1 is 1.13 bits per heavy atom. The van der Waals surface area contributed by atoms with E-state index >= 15 is 0 Å². The van der Waals surface area contributed by atoms with Crippen LogP contribution < -0.4 is 0 Å². The van der Waals surface area contributed by atoms with E-state index in [2.05, 4.69) is 4.90 Å². The zero-order valence-electron chi connectivity index (χ0n) is 8.93. The zero-order valence-corrected chi connectivity index (χ0v) is 8.93. The maximum atomic E-state index is 11.0. The van der Waals surface area contributed by atoms with Crippen LogP contribution in [0.3, 0.4) is 0 Å². The molecule has 2 aliphatic rings. The van der Waals surface area contributed by atoms with E-state index in [1.807, 2.05) is 0 Å². The Labute approximate surface area is 89.9 Å². The highest BCUT2D eigenvalue weighted by Gasteiger charge is 2.36. The number of likely N-dealkylation sites (tertiary alicyclic amines) is 1. The van der Waals surface area contributed by atoms with Crippen molar-refractivity contribution in [1.82, 2.24) is 4.90 Å². The molecule has 0 amide bonds. The molecule has 1 saturated carbocycles. The number of carbonyl (C=O) groups is 1. The van der Waals surface area contributed by atoms with Gasteiger partial charge in [-0.3, -0.25) is 9.69 Å². The Morgan fingerprint density at radius 2 is 1.80 bits per heavy atom. The molecule has 0 aromatic carbocycles. The second kappa shape index (κ2) is 4.49. The Bertz CT molecular complexity index is 236. The van der Waals surface area contributed by atoms with Gasteiger partial charge in [0, 0.05) is 6.04 Å². The smallest absolute Gasteiger partial charge is 0.320 e. The molecule has 0 aromatic heterocycles. The fourth-order valence-electron chi connectivity index (χ4n) is 2.88. The van der Waals surface area contributed by atoms with Crippen LogP contribution in [0.4, 0.5) is 0 Å². The molecule has 2 rings (SSSR count). The summed E-state index contributed by atoms with van der Waals surface area (Å²) in [6.45, 7) is 0.914. The van der Waals surface area contributed by atoms with Crippen LogP contribution in [-0.4, -0.2) is 45.8 Å². The maximum Gasteiger partial charge on any atom is 0.320 e. The van der Waals surface area contributed by atoms with Gasteiger partial charge >= 0.3 is 5.97 Å². The van der Waals surface area contributed by atoms with Gasteiger partial charge in [-0.1, -0.05) is 0 Å². The van der Waals surface area contributed by atoms with Gasteiger partial charge in [-0.15, -0.1) is 0 Å². The third kappa shape index (κ3) is 2.32. The number of hydrogen-bond donors (Lipinski definition) is 2. The molecule has 1 atom stereocenters. The van der Waals surface area contributed by atoms with Gasteiger partial charge in [-0.05, 0) is 45.1 Å². The van der Waals surface area contributed by atoms with Crippen molar-refractivity contribution in [3.05, 3.63) is 0 Å². The fourth-order valence-corrected chi connectivity index (χ4v) is 2.88. The van der Waals surface area contributed by atoms with Crippen LogP contribution in [0.25, 0.3) is 0 Å². The summed E-state index contributed by atoms with van der Waals surface area (Å²) < 4.78 is 0. The van der Waals surface area contributed by atoms with Crippen LogP contribution in [0, 0.1) is 0 Å². The van der Waals surface area contributed by atoms with Crippen molar-refractivity contribution in [3.63, 3.8) is 0 Å². The lowest BCUT2D eigenvalue weighted by molar-refractivity contribution is -0.143. The van der Waals surface area contributed by atoms with Crippen LogP contribution in [-0.2, 0) is 4.79 Å². The van der Waals surface area contributed by atoms with E-state index in [-0.39, 0.29) is 12.1 Å². The number of aliphatic carboxylic acids is 1. The summed E-state index contributed by atoms with van der Waals surface area (Å²) in [4.78, 5) is 13.2. The quantitative estimate of drug-likeness (QED) is 0.713. The normalized spacial score (nSPS) is 38.1. The van der Waals surface area contributed by atoms with Gasteiger partial charge in [0.05, 0.1) is 6.10 Å². The van der Waals surface area contributed by atoms with E-state index in [0.29, 0.717) is 6.04 Å². The van der Waals surface area contributed by atoms with Gasteiger partial charge in [-0.25, -0.2) is 0 Å². The molecule has 0 bridgehead atoms. The van der Waals surface area contributed by atoms with E-state index in [4.69, 9.17) is 5.11 Å². The molecule has 15 heavy (non-hydrogen) atoms. The van der Waals surface area contributed by atoms with E-state index in [0.717, 1.165) is 45.1 Å². The van der Waals surface area contributed by atoms with E-state index in [1.54, 1.807) is 0 Å². The maximum absolute atomic E-state index is 11.0. The summed E-state index contributed by atoms with van der Waals surface area (Å²) in [6, 6.07) is 0.113. The largest absolute Gasteiger partial charge is 0.480 e. The number of carboxylic acids is 1. The van der Waals surface area contributed by atoms with E-state index < -0.39 is 5.97 Å². The average Bonchev–Trinajstić information content (AvgIpc) is 2.67. The number of hydrogen-bond acceptors (Lipinski definition) is 3. The van der Waals surface area contributed by atoms with Crippen LogP contribution in [0.2, 0.25) is 0 Å². The molecule has 4 nitrogen and oxygen atoms in total. The minimum atomic E-state index is -0.682. The molecule has 1 unspecified atom stereocenters. The van der Waals surface area contributed by atoms with E-state index in [1.165, 1.54) is 0 Å². The monoisotopic (exact) mass is 213 g/mol. The number of aliphatic hydroxyl groups excluding tert-OH is 1. The lowest BCUT2D eigenvalue weighted by Gasteiger charge is -2.35. The van der Waals surface area contributed by atoms with Gasteiger partial charge in [0.25, 0.3) is 0 Å². The summed E-state index contributed by atoms with van der Waals surface area (Å²) in [7, 11) is 0. The van der Waals surface area contributed by atoms with Gasteiger partial charge in [-0.2, -0.15) is 0 Å². The van der Waals surface area contributed by atoms with Gasteiger partial charge < -0.3 is 10.2 Å². The third-order valence-corrected chi connectivity index (χ3v) is 3.71. The minimum Gasteiger partial charge on any atom is -0.480 e. The van der Waals surface area contributed by atoms with Crippen LogP contribution in [0.1, 0.15) is 38.5 Å². The first kappa shape index (κ1) is 10.9. The zero-order chi connectivity index (χ0) is 10.8. The number of rotatable bonds is 2. The Kier molecular flexibility index (Phi) is 3.26.